The fourth-order valence-corrected chi connectivity index (χ4v) is 5.45. The summed E-state index contributed by atoms with van der Waals surface area (Å²) in [6.45, 7) is 2.99. The normalized spacial score (nSPS) is 14.0. The zero-order valence-corrected chi connectivity index (χ0v) is 19.9. The number of aromatic nitrogens is 2. The molecular weight excluding hydrogens is 428 g/mol. The van der Waals surface area contributed by atoms with E-state index in [4.69, 9.17) is 9.47 Å². The molecule has 1 aromatic carbocycles. The Morgan fingerprint density at radius 2 is 1.90 bits per heavy atom. The van der Waals surface area contributed by atoms with Gasteiger partial charge in [0.25, 0.3) is 0 Å². The molecule has 0 spiro atoms. The monoisotopic (exact) mass is 456 g/mol. The molecule has 0 saturated heterocycles. The highest BCUT2D eigenvalue weighted by Crippen LogP contribution is 2.52. The van der Waals surface area contributed by atoms with Crippen LogP contribution in [0.5, 0.6) is 5.75 Å². The zero-order chi connectivity index (χ0) is 22.1. The van der Waals surface area contributed by atoms with Gasteiger partial charge >= 0.3 is 5.97 Å². The molecular formula is C24H28N2O3S2. The van der Waals surface area contributed by atoms with E-state index in [0.29, 0.717) is 13.0 Å². The number of fused-ring (bicyclic) bond motifs is 1. The van der Waals surface area contributed by atoms with Crippen LogP contribution < -0.4 is 4.74 Å². The molecule has 0 fully saturated rings. The lowest BCUT2D eigenvalue weighted by Crippen LogP contribution is -2.26. The average Bonchev–Trinajstić information content (AvgIpc) is 2.81. The molecule has 164 valence electrons. The number of carbonyl (C=O) groups is 1. The Balaban J connectivity index is 1.62. The van der Waals surface area contributed by atoms with Gasteiger partial charge in [0.15, 0.2) is 0 Å². The molecule has 7 heteroatoms. The molecule has 0 aliphatic carbocycles. The summed E-state index contributed by atoms with van der Waals surface area (Å²) in [4.78, 5) is 20.2. The molecule has 0 atom stereocenters. The molecule has 3 rings (SSSR count). The smallest absolute Gasteiger partial charge is 0.305 e. The molecule has 1 aromatic heterocycles. The van der Waals surface area contributed by atoms with Crippen LogP contribution in [-0.4, -0.2) is 41.7 Å². The molecule has 31 heavy (non-hydrogen) atoms. The van der Waals surface area contributed by atoms with Crippen LogP contribution in [0.25, 0.3) is 0 Å². The summed E-state index contributed by atoms with van der Waals surface area (Å²) in [5.41, 5.74) is 2.95. The van der Waals surface area contributed by atoms with Gasteiger partial charge in [-0.05, 0) is 50.5 Å². The van der Waals surface area contributed by atoms with Gasteiger partial charge in [0.05, 0.1) is 22.9 Å². The topological polar surface area (TPSA) is 61.3 Å². The lowest BCUT2D eigenvalue weighted by atomic mass is 10.0. The molecule has 0 bridgehead atoms. The summed E-state index contributed by atoms with van der Waals surface area (Å²) >= 11 is 3.72. The Bertz CT molecular complexity index is 948. The number of thioether (sulfide) groups is 2. The summed E-state index contributed by atoms with van der Waals surface area (Å²) in [5, 5.41) is 0. The van der Waals surface area contributed by atoms with E-state index in [1.807, 2.05) is 42.6 Å². The molecule has 1 aliphatic rings. The van der Waals surface area contributed by atoms with E-state index < -0.39 is 0 Å². The van der Waals surface area contributed by atoms with Crippen LogP contribution in [0, 0.1) is 11.8 Å². The highest BCUT2D eigenvalue weighted by Gasteiger charge is 2.36. The Labute approximate surface area is 193 Å². The summed E-state index contributed by atoms with van der Waals surface area (Å²) in [5.74, 6) is 7.98. The lowest BCUT2D eigenvalue weighted by Gasteiger charge is -2.36. The Hall–Kier alpha value is -2.17. The van der Waals surface area contributed by atoms with Crippen LogP contribution in [-0.2, 0) is 20.0 Å². The average molecular weight is 457 g/mol. The second-order valence-corrected chi connectivity index (χ2v) is 9.59. The summed E-state index contributed by atoms with van der Waals surface area (Å²) in [6.07, 6.45) is 11.6. The van der Waals surface area contributed by atoms with Gasteiger partial charge in [-0.2, -0.15) is 0 Å². The van der Waals surface area contributed by atoms with Gasteiger partial charge in [-0.3, -0.25) is 4.79 Å². The number of benzene rings is 1. The first-order valence-electron chi connectivity index (χ1n) is 10.5. The number of carbonyl (C=O) groups excluding carboxylic acids is 1. The molecule has 2 aromatic rings. The Morgan fingerprint density at radius 1 is 1.16 bits per heavy atom. The third-order valence-electron chi connectivity index (χ3n) is 5.13. The molecule has 2 heterocycles. The number of esters is 1. The van der Waals surface area contributed by atoms with Crippen molar-refractivity contribution in [2.45, 2.75) is 43.1 Å². The quantitative estimate of drug-likeness (QED) is 0.244. The van der Waals surface area contributed by atoms with Crippen LogP contribution >= 0.6 is 23.5 Å². The maximum absolute atomic E-state index is 11.4. The highest BCUT2D eigenvalue weighted by molar-refractivity contribution is 8.16. The predicted molar refractivity (Wildman–Crippen MR) is 127 cm³/mol. The lowest BCUT2D eigenvalue weighted by molar-refractivity contribution is -0.143. The summed E-state index contributed by atoms with van der Waals surface area (Å²) in [7, 11) is 0. The molecule has 0 radical (unpaired) electrons. The summed E-state index contributed by atoms with van der Waals surface area (Å²) < 4.78 is 10.8. The zero-order valence-electron chi connectivity index (χ0n) is 18.3. The number of hydrogen-bond acceptors (Lipinski definition) is 7. The second-order valence-electron chi connectivity index (χ2n) is 7.12. The van der Waals surface area contributed by atoms with Crippen molar-refractivity contribution in [3.8, 4) is 17.6 Å². The van der Waals surface area contributed by atoms with Crippen LogP contribution in [0.2, 0.25) is 0 Å². The van der Waals surface area contributed by atoms with Gasteiger partial charge in [-0.15, -0.1) is 23.5 Å². The van der Waals surface area contributed by atoms with Crippen LogP contribution in [0.1, 0.15) is 55.1 Å². The number of ether oxygens (including phenoxy) is 2. The van der Waals surface area contributed by atoms with Crippen molar-refractivity contribution in [3.05, 3.63) is 53.1 Å². The fourth-order valence-electron chi connectivity index (χ4n) is 3.45. The van der Waals surface area contributed by atoms with Crippen LogP contribution in [0.15, 0.2) is 30.6 Å². The van der Waals surface area contributed by atoms with E-state index >= 15 is 0 Å². The first-order valence-corrected chi connectivity index (χ1v) is 12.9. The third-order valence-corrected chi connectivity index (χ3v) is 8.30. The molecule has 0 N–H and O–H groups in total. The predicted octanol–water partition coefficient (Wildman–Crippen LogP) is 4.81. The van der Waals surface area contributed by atoms with Crippen molar-refractivity contribution in [1.29, 1.82) is 0 Å². The van der Waals surface area contributed by atoms with Crippen LogP contribution in [0.4, 0.5) is 0 Å². The third kappa shape index (κ3) is 6.18. The number of aryl methyl sites for hydroxylation is 1. The minimum Gasteiger partial charge on any atom is -0.493 e. The molecule has 5 nitrogen and oxygen atoms in total. The SMILES string of the molecule is CCOC(=O)CCCCc1ncc(C#Cc2ccc3c(c2)C(SC)(SC)CCO3)cn1. The fraction of sp³-hybridized carbons (Fsp3) is 0.458. The van der Waals surface area contributed by atoms with E-state index in [1.165, 1.54) is 5.56 Å². The number of nitrogens with zero attached hydrogens (tertiary/aromatic N) is 2. The van der Waals surface area contributed by atoms with Gasteiger partial charge < -0.3 is 9.47 Å². The van der Waals surface area contributed by atoms with Crippen molar-refractivity contribution >= 4 is 29.5 Å². The maximum Gasteiger partial charge on any atom is 0.305 e. The Morgan fingerprint density at radius 3 is 2.61 bits per heavy atom. The Kier molecular flexibility index (Phi) is 8.68. The minimum absolute atomic E-state index is 0.0172. The van der Waals surface area contributed by atoms with E-state index in [0.717, 1.165) is 55.0 Å². The summed E-state index contributed by atoms with van der Waals surface area (Å²) in [6, 6.07) is 6.17. The first kappa shape index (κ1) is 23.5. The molecule has 0 saturated carbocycles. The second kappa shape index (κ2) is 11.4. The van der Waals surface area contributed by atoms with E-state index in [9.17, 15) is 4.79 Å². The first-order chi connectivity index (χ1) is 15.1. The van der Waals surface area contributed by atoms with Gasteiger partial charge in [0.1, 0.15) is 11.6 Å². The van der Waals surface area contributed by atoms with Crippen LogP contribution in [0.3, 0.4) is 0 Å². The van der Waals surface area contributed by atoms with Crippen molar-refractivity contribution < 1.29 is 14.3 Å². The number of hydrogen-bond donors (Lipinski definition) is 0. The van der Waals surface area contributed by atoms with Crippen molar-refractivity contribution in [1.82, 2.24) is 9.97 Å². The molecule has 1 aliphatic heterocycles. The largest absolute Gasteiger partial charge is 0.493 e. The number of rotatable bonds is 8. The van der Waals surface area contributed by atoms with Gasteiger partial charge in [0, 0.05) is 42.8 Å². The van der Waals surface area contributed by atoms with Crippen molar-refractivity contribution in [2.24, 2.45) is 0 Å². The van der Waals surface area contributed by atoms with Gasteiger partial charge in [-0.1, -0.05) is 11.8 Å². The highest BCUT2D eigenvalue weighted by atomic mass is 32.2. The van der Waals surface area contributed by atoms with Crippen molar-refractivity contribution in [3.63, 3.8) is 0 Å². The van der Waals surface area contributed by atoms with Crippen molar-refractivity contribution in [2.75, 3.05) is 25.7 Å². The van der Waals surface area contributed by atoms with Gasteiger partial charge in [-0.25, -0.2) is 9.97 Å². The number of unbranched alkanes of at least 4 members (excludes halogenated alkanes) is 1. The van der Waals surface area contributed by atoms with E-state index in [-0.39, 0.29) is 10.0 Å². The molecule has 0 amide bonds. The minimum atomic E-state index is -0.143. The molecule has 0 unspecified atom stereocenters. The van der Waals surface area contributed by atoms with E-state index in [2.05, 4.69) is 40.4 Å². The maximum atomic E-state index is 11.4. The van der Waals surface area contributed by atoms with E-state index in [1.54, 1.807) is 12.4 Å². The standard InChI is InChI=1S/C24H28N2O3S2/c1-4-28-23(27)8-6-5-7-22-25-16-19(17-26-22)10-9-18-11-12-21-20(15-18)24(30-2,31-3)13-14-29-21/h11-12,15-17H,4-8,13-14H2,1-3H3. The van der Waals surface area contributed by atoms with Gasteiger partial charge in [0.2, 0.25) is 0 Å².